The fourth-order valence-corrected chi connectivity index (χ4v) is 4.67. The van der Waals surface area contributed by atoms with Crippen LogP contribution < -0.4 is 0 Å². The molecule has 1 saturated carbocycles. The lowest BCUT2D eigenvalue weighted by molar-refractivity contribution is -0.140. The average Bonchev–Trinajstić information content (AvgIpc) is 2.54. The number of hydrogen-bond donors (Lipinski definition) is 1. The number of carbonyl (C=O) groups is 1. The summed E-state index contributed by atoms with van der Waals surface area (Å²) in [5.41, 5.74) is 0. The SMILES string of the molecule is O=C(CN1CCCCC1CO)N1CCCC2CCCCC21. The number of nitrogens with zero attached hydrogens (tertiary/aromatic N) is 2. The van der Waals surface area contributed by atoms with Gasteiger partial charge in [-0.25, -0.2) is 0 Å². The minimum atomic E-state index is 0.194. The normalized spacial score (nSPS) is 34.5. The maximum absolute atomic E-state index is 12.8. The van der Waals surface area contributed by atoms with Crippen LogP contribution in [-0.4, -0.2) is 59.1 Å². The standard InChI is InChI=1S/C17H30N2O2/c20-13-15-8-3-4-10-18(15)12-17(21)19-11-5-7-14-6-1-2-9-16(14)19/h14-16,20H,1-13H2. The highest BCUT2D eigenvalue weighted by Crippen LogP contribution is 2.35. The zero-order valence-electron chi connectivity index (χ0n) is 13.2. The Balaban J connectivity index is 1.60. The van der Waals surface area contributed by atoms with Gasteiger partial charge in [-0.2, -0.15) is 0 Å². The third-order valence-corrected chi connectivity index (χ3v) is 5.86. The van der Waals surface area contributed by atoms with E-state index in [4.69, 9.17) is 0 Å². The van der Waals surface area contributed by atoms with Crippen molar-refractivity contribution in [3.8, 4) is 0 Å². The van der Waals surface area contributed by atoms with Gasteiger partial charge in [0.05, 0.1) is 13.2 Å². The molecule has 2 heterocycles. The molecule has 4 heteroatoms. The molecule has 0 spiro atoms. The first-order valence-corrected chi connectivity index (χ1v) is 8.94. The van der Waals surface area contributed by atoms with E-state index < -0.39 is 0 Å². The van der Waals surface area contributed by atoms with Crippen LogP contribution in [-0.2, 0) is 4.79 Å². The van der Waals surface area contributed by atoms with Gasteiger partial charge in [0, 0.05) is 18.6 Å². The Bertz CT molecular complexity index is 359. The van der Waals surface area contributed by atoms with E-state index in [0.717, 1.165) is 31.8 Å². The van der Waals surface area contributed by atoms with Gasteiger partial charge in [-0.1, -0.05) is 19.3 Å². The lowest BCUT2D eigenvalue weighted by atomic mass is 9.78. The molecular weight excluding hydrogens is 264 g/mol. The number of aliphatic hydroxyl groups excluding tert-OH is 1. The number of likely N-dealkylation sites (tertiary alicyclic amines) is 2. The van der Waals surface area contributed by atoms with E-state index in [9.17, 15) is 9.90 Å². The Morgan fingerprint density at radius 3 is 2.57 bits per heavy atom. The van der Waals surface area contributed by atoms with Crippen molar-refractivity contribution in [3.63, 3.8) is 0 Å². The molecule has 1 aliphatic carbocycles. The molecule has 0 aromatic carbocycles. The highest BCUT2D eigenvalue weighted by Gasteiger charge is 2.36. The van der Waals surface area contributed by atoms with Crippen LogP contribution in [0.4, 0.5) is 0 Å². The van der Waals surface area contributed by atoms with Crippen molar-refractivity contribution in [1.29, 1.82) is 0 Å². The van der Waals surface area contributed by atoms with Crippen molar-refractivity contribution in [2.75, 3.05) is 26.2 Å². The minimum Gasteiger partial charge on any atom is -0.395 e. The Morgan fingerprint density at radius 2 is 1.71 bits per heavy atom. The second-order valence-electron chi connectivity index (χ2n) is 7.14. The summed E-state index contributed by atoms with van der Waals surface area (Å²) >= 11 is 0. The summed E-state index contributed by atoms with van der Waals surface area (Å²) in [5, 5.41) is 9.51. The number of amides is 1. The summed E-state index contributed by atoms with van der Waals surface area (Å²) in [6.45, 7) is 2.64. The Hall–Kier alpha value is -0.610. The molecule has 3 fully saturated rings. The lowest BCUT2D eigenvalue weighted by Crippen LogP contribution is -2.54. The fraction of sp³-hybridized carbons (Fsp3) is 0.941. The third-order valence-electron chi connectivity index (χ3n) is 5.86. The fourth-order valence-electron chi connectivity index (χ4n) is 4.67. The van der Waals surface area contributed by atoms with Crippen LogP contribution in [0.3, 0.4) is 0 Å². The zero-order valence-corrected chi connectivity index (χ0v) is 13.2. The number of rotatable bonds is 3. The van der Waals surface area contributed by atoms with Crippen LogP contribution in [0.5, 0.6) is 0 Å². The predicted octanol–water partition coefficient (Wildman–Crippen LogP) is 2.01. The number of piperidine rings is 2. The number of fused-ring (bicyclic) bond motifs is 1. The molecule has 2 aliphatic heterocycles. The van der Waals surface area contributed by atoms with Crippen molar-refractivity contribution in [2.24, 2.45) is 5.92 Å². The van der Waals surface area contributed by atoms with Crippen LogP contribution in [0.25, 0.3) is 0 Å². The van der Waals surface area contributed by atoms with Gasteiger partial charge >= 0.3 is 0 Å². The van der Waals surface area contributed by atoms with E-state index in [-0.39, 0.29) is 12.6 Å². The summed E-state index contributed by atoms with van der Waals surface area (Å²) in [7, 11) is 0. The highest BCUT2D eigenvalue weighted by molar-refractivity contribution is 5.78. The highest BCUT2D eigenvalue weighted by atomic mass is 16.3. The van der Waals surface area contributed by atoms with Crippen LogP contribution in [0.2, 0.25) is 0 Å². The topological polar surface area (TPSA) is 43.8 Å². The number of carbonyl (C=O) groups excluding carboxylic acids is 1. The van der Waals surface area contributed by atoms with E-state index in [0.29, 0.717) is 18.5 Å². The first-order valence-electron chi connectivity index (χ1n) is 8.94. The van der Waals surface area contributed by atoms with Crippen molar-refractivity contribution in [1.82, 2.24) is 9.80 Å². The molecule has 4 nitrogen and oxygen atoms in total. The Labute approximate surface area is 128 Å². The van der Waals surface area contributed by atoms with Crippen LogP contribution >= 0.6 is 0 Å². The quantitative estimate of drug-likeness (QED) is 0.866. The summed E-state index contributed by atoms with van der Waals surface area (Å²) in [6, 6.07) is 0.715. The molecule has 1 N–H and O–H groups in total. The maximum Gasteiger partial charge on any atom is 0.237 e. The molecule has 0 bridgehead atoms. The molecule has 3 aliphatic rings. The minimum absolute atomic E-state index is 0.194. The van der Waals surface area contributed by atoms with E-state index in [1.807, 2.05) is 0 Å². The van der Waals surface area contributed by atoms with Crippen molar-refractivity contribution < 1.29 is 9.90 Å². The molecule has 3 rings (SSSR count). The molecule has 0 aromatic rings. The van der Waals surface area contributed by atoms with Gasteiger partial charge in [0.15, 0.2) is 0 Å². The molecule has 1 amide bonds. The predicted molar refractivity (Wildman–Crippen MR) is 83.0 cm³/mol. The van der Waals surface area contributed by atoms with Crippen LogP contribution in [0.1, 0.15) is 57.8 Å². The summed E-state index contributed by atoms with van der Waals surface area (Å²) in [4.78, 5) is 17.2. The monoisotopic (exact) mass is 294 g/mol. The van der Waals surface area contributed by atoms with E-state index in [1.165, 1.54) is 44.9 Å². The maximum atomic E-state index is 12.8. The van der Waals surface area contributed by atoms with Gasteiger partial charge in [-0.3, -0.25) is 9.69 Å². The van der Waals surface area contributed by atoms with Crippen LogP contribution in [0.15, 0.2) is 0 Å². The molecule has 3 atom stereocenters. The largest absolute Gasteiger partial charge is 0.395 e. The van der Waals surface area contributed by atoms with E-state index in [1.54, 1.807) is 0 Å². The molecule has 21 heavy (non-hydrogen) atoms. The molecule has 120 valence electrons. The first kappa shape index (κ1) is 15.3. The van der Waals surface area contributed by atoms with Gasteiger partial charge < -0.3 is 10.0 Å². The number of aliphatic hydroxyl groups is 1. The molecular formula is C17H30N2O2. The summed E-state index contributed by atoms with van der Waals surface area (Å²) < 4.78 is 0. The van der Waals surface area contributed by atoms with Gasteiger partial charge in [-0.05, 0) is 51.0 Å². The third kappa shape index (κ3) is 3.42. The van der Waals surface area contributed by atoms with E-state index in [2.05, 4.69) is 9.80 Å². The molecule has 0 aromatic heterocycles. The van der Waals surface area contributed by atoms with Gasteiger partial charge in [0.25, 0.3) is 0 Å². The van der Waals surface area contributed by atoms with Crippen molar-refractivity contribution in [3.05, 3.63) is 0 Å². The van der Waals surface area contributed by atoms with Crippen molar-refractivity contribution in [2.45, 2.75) is 69.9 Å². The Kier molecular flexibility index (Phi) is 5.17. The van der Waals surface area contributed by atoms with Crippen LogP contribution in [0, 0.1) is 5.92 Å². The molecule has 0 radical (unpaired) electrons. The van der Waals surface area contributed by atoms with Crippen molar-refractivity contribution >= 4 is 5.91 Å². The zero-order chi connectivity index (χ0) is 14.7. The Morgan fingerprint density at radius 1 is 0.952 bits per heavy atom. The average molecular weight is 294 g/mol. The van der Waals surface area contributed by atoms with Gasteiger partial charge in [0.1, 0.15) is 0 Å². The van der Waals surface area contributed by atoms with Gasteiger partial charge in [-0.15, -0.1) is 0 Å². The summed E-state index contributed by atoms with van der Waals surface area (Å²) in [6.07, 6.45) is 11.0. The van der Waals surface area contributed by atoms with E-state index >= 15 is 0 Å². The molecule has 3 unspecified atom stereocenters. The van der Waals surface area contributed by atoms with Gasteiger partial charge in [0.2, 0.25) is 5.91 Å². The second-order valence-corrected chi connectivity index (χ2v) is 7.14. The summed E-state index contributed by atoms with van der Waals surface area (Å²) in [5.74, 6) is 1.07. The second kappa shape index (κ2) is 7.10. The molecule has 2 saturated heterocycles. The number of hydrogen-bond acceptors (Lipinski definition) is 3. The lowest BCUT2D eigenvalue weighted by Gasteiger charge is -2.45. The smallest absolute Gasteiger partial charge is 0.237 e. The first-order chi connectivity index (χ1) is 10.3.